The number of hydrogen-bond acceptors (Lipinski definition) is 4. The molecule has 1 heterocycles. The van der Waals surface area contributed by atoms with Crippen molar-refractivity contribution in [3.05, 3.63) is 17.8 Å². The van der Waals surface area contributed by atoms with E-state index in [2.05, 4.69) is 10.3 Å². The van der Waals surface area contributed by atoms with Crippen LogP contribution < -0.4 is 5.32 Å². The van der Waals surface area contributed by atoms with Crippen molar-refractivity contribution in [3.8, 4) is 0 Å². The molecule has 6 heteroatoms. The minimum absolute atomic E-state index is 0.0423. The summed E-state index contributed by atoms with van der Waals surface area (Å²) in [7, 11) is 0. The van der Waals surface area contributed by atoms with Crippen LogP contribution in [0.1, 0.15) is 58.1 Å². The molecule has 22 heavy (non-hydrogen) atoms. The first-order valence-corrected chi connectivity index (χ1v) is 7.73. The molecule has 0 saturated heterocycles. The van der Waals surface area contributed by atoms with Crippen molar-refractivity contribution in [2.75, 3.05) is 0 Å². The molecule has 0 spiro atoms. The number of aromatic nitrogens is 1. The van der Waals surface area contributed by atoms with Gasteiger partial charge >= 0.3 is 5.97 Å². The summed E-state index contributed by atoms with van der Waals surface area (Å²) >= 11 is 0. The molecule has 0 bridgehead atoms. The molecule has 2 N–H and O–H groups in total. The number of aliphatic carboxylic acids is 1. The lowest BCUT2D eigenvalue weighted by atomic mass is 9.81. The van der Waals surface area contributed by atoms with Crippen LogP contribution in [0.2, 0.25) is 0 Å². The van der Waals surface area contributed by atoms with E-state index >= 15 is 0 Å². The molecule has 0 radical (unpaired) electrons. The predicted molar refractivity (Wildman–Crippen MR) is 80.1 cm³/mol. The topological polar surface area (TPSA) is 92.4 Å². The summed E-state index contributed by atoms with van der Waals surface area (Å²) in [6, 6.07) is 0. The van der Waals surface area contributed by atoms with E-state index in [-0.39, 0.29) is 29.7 Å². The van der Waals surface area contributed by atoms with Crippen molar-refractivity contribution < 1.29 is 19.1 Å². The Morgan fingerprint density at radius 2 is 1.86 bits per heavy atom. The number of nitrogens with one attached hydrogen (secondary N) is 1. The summed E-state index contributed by atoms with van der Waals surface area (Å²) < 4.78 is 5.63. The van der Waals surface area contributed by atoms with Gasteiger partial charge < -0.3 is 14.8 Å². The Bertz CT molecular complexity index is 537. The lowest BCUT2D eigenvalue weighted by molar-refractivity contribution is -0.144. The minimum atomic E-state index is -0.756. The second kappa shape index (κ2) is 6.50. The highest BCUT2D eigenvalue weighted by Gasteiger charge is 2.29. The number of carboxylic acid groups (broad SMARTS) is 1. The molecule has 6 nitrogen and oxygen atoms in total. The van der Waals surface area contributed by atoms with E-state index in [1.807, 2.05) is 20.8 Å². The first-order chi connectivity index (χ1) is 10.3. The van der Waals surface area contributed by atoms with Gasteiger partial charge in [0, 0.05) is 11.3 Å². The number of carbonyl (C=O) groups is 2. The van der Waals surface area contributed by atoms with Crippen molar-refractivity contribution in [2.24, 2.45) is 11.8 Å². The molecule has 1 aromatic rings. The van der Waals surface area contributed by atoms with Crippen LogP contribution in [0.4, 0.5) is 0 Å². The summed E-state index contributed by atoms with van der Waals surface area (Å²) in [6.07, 6.45) is 4.09. The van der Waals surface area contributed by atoms with Crippen LogP contribution >= 0.6 is 0 Å². The van der Waals surface area contributed by atoms with Gasteiger partial charge in [0.15, 0.2) is 0 Å². The Balaban J connectivity index is 1.81. The maximum absolute atomic E-state index is 12.1. The fourth-order valence-electron chi connectivity index (χ4n) is 2.65. The smallest absolute Gasteiger partial charge is 0.306 e. The van der Waals surface area contributed by atoms with Gasteiger partial charge in [0.25, 0.3) is 0 Å². The van der Waals surface area contributed by atoms with E-state index < -0.39 is 5.97 Å². The van der Waals surface area contributed by atoms with Crippen LogP contribution in [0.3, 0.4) is 0 Å². The summed E-state index contributed by atoms with van der Waals surface area (Å²) in [5.41, 5.74) is -0.107. The molecule has 2 rings (SSSR count). The Morgan fingerprint density at radius 3 is 2.36 bits per heavy atom. The molecule has 1 amide bonds. The van der Waals surface area contributed by atoms with Crippen molar-refractivity contribution in [1.29, 1.82) is 0 Å². The van der Waals surface area contributed by atoms with Crippen molar-refractivity contribution in [2.45, 2.75) is 58.4 Å². The maximum atomic E-state index is 12.1. The molecule has 1 fully saturated rings. The van der Waals surface area contributed by atoms with Crippen molar-refractivity contribution >= 4 is 11.9 Å². The molecule has 1 aliphatic carbocycles. The highest BCUT2D eigenvalue weighted by Crippen LogP contribution is 2.29. The second-order valence-corrected chi connectivity index (χ2v) is 6.97. The van der Waals surface area contributed by atoms with Crippen LogP contribution in [-0.2, 0) is 21.5 Å². The van der Waals surface area contributed by atoms with Crippen LogP contribution in [0.25, 0.3) is 0 Å². The highest BCUT2D eigenvalue weighted by molar-refractivity contribution is 5.79. The van der Waals surface area contributed by atoms with Crippen LogP contribution in [-0.4, -0.2) is 22.0 Å². The van der Waals surface area contributed by atoms with Gasteiger partial charge in [0.1, 0.15) is 5.76 Å². The lowest BCUT2D eigenvalue weighted by Gasteiger charge is -2.24. The first kappa shape index (κ1) is 16.5. The Morgan fingerprint density at radius 1 is 1.27 bits per heavy atom. The van der Waals surface area contributed by atoms with Gasteiger partial charge in [0.2, 0.25) is 11.8 Å². The SMILES string of the molecule is CC(C)(C)c1cnc(CNC(=O)C2CCC(C(=O)O)CC2)o1. The fourth-order valence-corrected chi connectivity index (χ4v) is 2.65. The van der Waals surface area contributed by atoms with E-state index in [4.69, 9.17) is 9.52 Å². The molecule has 1 saturated carbocycles. The van der Waals surface area contributed by atoms with Crippen LogP contribution in [0, 0.1) is 11.8 Å². The van der Waals surface area contributed by atoms with E-state index in [9.17, 15) is 9.59 Å². The molecular formula is C16H24N2O4. The molecule has 1 aromatic heterocycles. The number of rotatable bonds is 4. The van der Waals surface area contributed by atoms with E-state index in [0.29, 0.717) is 31.6 Å². The average Bonchev–Trinajstić information content (AvgIpc) is 2.94. The number of hydrogen-bond donors (Lipinski definition) is 2. The number of oxazole rings is 1. The molecule has 0 unspecified atom stereocenters. The zero-order chi connectivity index (χ0) is 16.3. The number of carboxylic acids is 1. The number of carbonyl (C=O) groups excluding carboxylic acids is 1. The van der Waals surface area contributed by atoms with Gasteiger partial charge in [-0.3, -0.25) is 9.59 Å². The van der Waals surface area contributed by atoms with Crippen LogP contribution in [0.15, 0.2) is 10.6 Å². The summed E-state index contributed by atoms with van der Waals surface area (Å²) in [4.78, 5) is 27.2. The summed E-state index contributed by atoms with van der Waals surface area (Å²) in [5, 5.41) is 11.8. The van der Waals surface area contributed by atoms with Gasteiger partial charge in [0.05, 0.1) is 18.7 Å². The zero-order valence-corrected chi connectivity index (χ0v) is 13.4. The van der Waals surface area contributed by atoms with Crippen molar-refractivity contribution in [3.63, 3.8) is 0 Å². The highest BCUT2D eigenvalue weighted by atomic mass is 16.4. The Kier molecular flexibility index (Phi) is 4.88. The van der Waals surface area contributed by atoms with Gasteiger partial charge in [-0.1, -0.05) is 20.8 Å². The Labute approximate surface area is 130 Å². The second-order valence-electron chi connectivity index (χ2n) is 6.97. The van der Waals surface area contributed by atoms with Crippen molar-refractivity contribution in [1.82, 2.24) is 10.3 Å². The molecule has 122 valence electrons. The molecule has 1 aliphatic rings. The molecule has 0 aromatic carbocycles. The third-order valence-corrected chi connectivity index (χ3v) is 4.15. The number of nitrogens with zero attached hydrogens (tertiary/aromatic N) is 1. The van der Waals surface area contributed by atoms with Gasteiger partial charge in [-0.25, -0.2) is 4.98 Å². The van der Waals surface area contributed by atoms with Gasteiger partial charge in [-0.15, -0.1) is 0 Å². The normalized spacial score (nSPS) is 22.3. The van der Waals surface area contributed by atoms with E-state index in [1.54, 1.807) is 6.20 Å². The van der Waals surface area contributed by atoms with Gasteiger partial charge in [-0.05, 0) is 25.7 Å². The largest absolute Gasteiger partial charge is 0.481 e. The summed E-state index contributed by atoms with van der Waals surface area (Å²) in [6.45, 7) is 6.39. The predicted octanol–water partition coefficient (Wildman–Crippen LogP) is 2.48. The summed E-state index contributed by atoms with van der Waals surface area (Å²) in [5.74, 6) is 0.0849. The third kappa shape index (κ3) is 4.08. The maximum Gasteiger partial charge on any atom is 0.306 e. The molecule has 0 atom stereocenters. The number of amides is 1. The Hall–Kier alpha value is -1.85. The standard InChI is InChI=1S/C16H24N2O4/c1-16(2,3)12-8-17-13(22-12)9-18-14(19)10-4-6-11(7-5-10)15(20)21/h8,10-11H,4-7,9H2,1-3H3,(H,18,19)(H,20,21). The van der Waals surface area contributed by atoms with E-state index in [1.165, 1.54) is 0 Å². The molecular weight excluding hydrogens is 284 g/mol. The zero-order valence-electron chi connectivity index (χ0n) is 13.4. The lowest BCUT2D eigenvalue weighted by Crippen LogP contribution is -2.34. The van der Waals surface area contributed by atoms with Gasteiger partial charge in [-0.2, -0.15) is 0 Å². The van der Waals surface area contributed by atoms with E-state index in [0.717, 1.165) is 5.76 Å². The quantitative estimate of drug-likeness (QED) is 0.891. The van der Waals surface area contributed by atoms with Crippen LogP contribution in [0.5, 0.6) is 0 Å². The first-order valence-electron chi connectivity index (χ1n) is 7.73. The fraction of sp³-hybridized carbons (Fsp3) is 0.688. The minimum Gasteiger partial charge on any atom is -0.481 e. The average molecular weight is 308 g/mol. The monoisotopic (exact) mass is 308 g/mol. The molecule has 0 aliphatic heterocycles. The third-order valence-electron chi connectivity index (χ3n) is 4.15.